The number of Topliss-reactive ketones (excluding diaryl/α,β-unsaturated/α-hetero) is 1. The minimum atomic E-state index is -0.844. The van der Waals surface area contributed by atoms with E-state index < -0.39 is 11.7 Å². The van der Waals surface area contributed by atoms with Crippen LogP contribution in [0.15, 0.2) is 24.8 Å². The molecule has 1 rings (SSSR count). The topological polar surface area (TPSA) is 83.8 Å². The molecule has 0 aromatic carbocycles. The molecule has 172 valence electrons. The van der Waals surface area contributed by atoms with E-state index in [0.717, 1.165) is 57.8 Å². The highest BCUT2D eigenvalue weighted by molar-refractivity contribution is 5.84. The fourth-order valence-electron chi connectivity index (χ4n) is 4.49. The van der Waals surface area contributed by atoms with Gasteiger partial charge in [-0.05, 0) is 50.9 Å². The van der Waals surface area contributed by atoms with E-state index in [1.807, 2.05) is 0 Å². The number of ketones is 1. The molecule has 0 radical (unpaired) electrons. The number of rotatable bonds is 16. The van der Waals surface area contributed by atoms with Crippen LogP contribution in [0.5, 0.6) is 0 Å². The van der Waals surface area contributed by atoms with Crippen molar-refractivity contribution >= 4 is 11.8 Å². The first kappa shape index (κ1) is 26.6. The smallest absolute Gasteiger partial charge is 0.330 e. The lowest BCUT2D eigenvalue weighted by Gasteiger charge is -2.26. The van der Waals surface area contributed by atoms with E-state index in [1.165, 1.54) is 26.0 Å². The Labute approximate surface area is 182 Å². The summed E-state index contributed by atoms with van der Waals surface area (Å²) in [6, 6.07) is 0. The summed E-state index contributed by atoms with van der Waals surface area (Å²) in [6.45, 7) is 5.99. The molecule has 0 bridgehead atoms. The van der Waals surface area contributed by atoms with Gasteiger partial charge in [-0.25, -0.2) is 4.79 Å². The molecule has 0 heterocycles. The van der Waals surface area contributed by atoms with Crippen molar-refractivity contribution in [3.63, 3.8) is 0 Å². The van der Waals surface area contributed by atoms with E-state index in [2.05, 4.69) is 18.2 Å². The molecule has 0 amide bonds. The highest BCUT2D eigenvalue weighted by atomic mass is 16.5. The predicted octanol–water partition coefficient (Wildman–Crippen LogP) is 4.90. The number of carbonyl (C=O) groups is 2. The van der Waals surface area contributed by atoms with E-state index in [0.29, 0.717) is 6.42 Å². The zero-order valence-electron chi connectivity index (χ0n) is 19.0. The lowest BCUT2D eigenvalue weighted by molar-refractivity contribution is -0.134. The summed E-state index contributed by atoms with van der Waals surface area (Å²) in [5.74, 6) is -0.298. The Bertz CT molecular complexity index is 556. The zero-order chi connectivity index (χ0) is 22.4. The number of allylic oxidation sites excluding steroid dienone is 1. The summed E-state index contributed by atoms with van der Waals surface area (Å²) in [5.41, 5.74) is -0.844. The highest BCUT2D eigenvalue weighted by Crippen LogP contribution is 2.37. The van der Waals surface area contributed by atoms with Gasteiger partial charge in [0.1, 0.15) is 5.78 Å². The largest absolute Gasteiger partial charge is 0.466 e. The molecule has 2 N–H and O–H groups in total. The van der Waals surface area contributed by atoms with Gasteiger partial charge in [-0.15, -0.1) is 6.58 Å². The molecule has 5 nitrogen and oxygen atoms in total. The first-order valence-electron chi connectivity index (χ1n) is 11.7. The van der Waals surface area contributed by atoms with Crippen molar-refractivity contribution < 1.29 is 24.5 Å². The molecule has 5 heteroatoms. The third-order valence-electron chi connectivity index (χ3n) is 6.42. The van der Waals surface area contributed by atoms with Crippen LogP contribution in [0.3, 0.4) is 0 Å². The van der Waals surface area contributed by atoms with Gasteiger partial charge in [0.2, 0.25) is 0 Å². The molecule has 0 unspecified atom stereocenters. The van der Waals surface area contributed by atoms with Crippen molar-refractivity contribution in [1.29, 1.82) is 0 Å². The quantitative estimate of drug-likeness (QED) is 0.160. The fourth-order valence-corrected chi connectivity index (χ4v) is 4.49. The van der Waals surface area contributed by atoms with Gasteiger partial charge in [-0.2, -0.15) is 0 Å². The number of unbranched alkanes of at least 4 members (excludes halogenated alkanes) is 5. The van der Waals surface area contributed by atoms with E-state index in [1.54, 1.807) is 12.2 Å². The van der Waals surface area contributed by atoms with Crippen molar-refractivity contribution in [2.45, 2.75) is 102 Å². The Kier molecular flexibility index (Phi) is 12.9. The Balaban J connectivity index is 2.42. The molecule has 0 aromatic rings. The molecule has 1 fully saturated rings. The van der Waals surface area contributed by atoms with Crippen LogP contribution in [0.1, 0.15) is 90.4 Å². The second-order valence-electron chi connectivity index (χ2n) is 8.73. The summed E-state index contributed by atoms with van der Waals surface area (Å²) >= 11 is 0. The number of ether oxygens (including phenoxy) is 1. The van der Waals surface area contributed by atoms with E-state index in [-0.39, 0.29) is 30.0 Å². The molecule has 1 aliphatic carbocycles. The number of carbonyl (C=O) groups excluding carboxylic acids is 2. The van der Waals surface area contributed by atoms with Crippen molar-refractivity contribution in [3.8, 4) is 0 Å². The van der Waals surface area contributed by atoms with E-state index >= 15 is 0 Å². The zero-order valence-corrected chi connectivity index (χ0v) is 19.0. The first-order chi connectivity index (χ1) is 14.4. The van der Waals surface area contributed by atoms with Crippen LogP contribution in [0.4, 0.5) is 0 Å². The standard InChI is InChI=1S/C25H42O5/c1-4-6-7-12-17-25(29,5-2)18-13-15-21-20(22(26)19-23(21)27)14-10-8-9-11-16-24(28)30-3/h5,11,16,20-21,23,27,29H,2,4,6-10,12-15,17-19H2,1,3H3/t20-,21-,23-,25-/m1/s1. The molecule has 0 saturated heterocycles. The molecule has 1 saturated carbocycles. The van der Waals surface area contributed by atoms with Crippen molar-refractivity contribution in [2.75, 3.05) is 7.11 Å². The van der Waals surface area contributed by atoms with E-state index in [4.69, 9.17) is 0 Å². The maximum atomic E-state index is 12.4. The van der Waals surface area contributed by atoms with Gasteiger partial charge in [0.15, 0.2) is 0 Å². The van der Waals surface area contributed by atoms with Gasteiger partial charge < -0.3 is 14.9 Å². The molecule has 4 atom stereocenters. The van der Waals surface area contributed by atoms with Crippen LogP contribution >= 0.6 is 0 Å². The Morgan fingerprint density at radius 3 is 2.57 bits per heavy atom. The summed E-state index contributed by atoms with van der Waals surface area (Å²) in [4.78, 5) is 23.4. The fraction of sp³-hybridized carbons (Fsp3) is 0.760. The van der Waals surface area contributed by atoms with Crippen LogP contribution in [0.2, 0.25) is 0 Å². The first-order valence-corrected chi connectivity index (χ1v) is 11.7. The molecule has 0 spiro atoms. The van der Waals surface area contributed by atoms with Crippen LogP contribution in [-0.2, 0) is 14.3 Å². The Hall–Kier alpha value is -1.46. The molecular weight excluding hydrogens is 380 g/mol. The number of methoxy groups -OCH3 is 1. The molecule has 1 aliphatic rings. The van der Waals surface area contributed by atoms with Gasteiger partial charge in [0.05, 0.1) is 18.8 Å². The number of aliphatic hydroxyl groups is 2. The summed E-state index contributed by atoms with van der Waals surface area (Å²) in [7, 11) is 1.35. The number of aliphatic hydroxyl groups excluding tert-OH is 1. The average Bonchev–Trinajstić information content (AvgIpc) is 3.00. The molecule has 0 aromatic heterocycles. The van der Waals surface area contributed by atoms with Gasteiger partial charge in [-0.3, -0.25) is 4.79 Å². The average molecular weight is 423 g/mol. The SMILES string of the molecule is C=C[C@@](O)(CCCCCC)CCC[C@H]1[C@H](O)CC(=O)[C@@H]1CCCCC=CC(=O)OC. The molecule has 30 heavy (non-hydrogen) atoms. The number of esters is 1. The lowest BCUT2D eigenvalue weighted by atomic mass is 9.83. The summed E-state index contributed by atoms with van der Waals surface area (Å²) < 4.78 is 4.56. The maximum absolute atomic E-state index is 12.4. The van der Waals surface area contributed by atoms with Gasteiger partial charge in [0.25, 0.3) is 0 Å². The second kappa shape index (κ2) is 14.5. The third kappa shape index (κ3) is 9.57. The monoisotopic (exact) mass is 422 g/mol. The Morgan fingerprint density at radius 2 is 1.90 bits per heavy atom. The molecule has 0 aliphatic heterocycles. The number of hydrogen-bond donors (Lipinski definition) is 2. The minimum Gasteiger partial charge on any atom is -0.466 e. The van der Waals surface area contributed by atoms with Crippen molar-refractivity contribution in [1.82, 2.24) is 0 Å². The van der Waals surface area contributed by atoms with Crippen LogP contribution in [0.25, 0.3) is 0 Å². The predicted molar refractivity (Wildman–Crippen MR) is 120 cm³/mol. The van der Waals surface area contributed by atoms with Gasteiger partial charge in [-0.1, -0.05) is 51.2 Å². The van der Waals surface area contributed by atoms with Crippen molar-refractivity contribution in [2.24, 2.45) is 11.8 Å². The summed E-state index contributed by atoms with van der Waals surface area (Å²) in [6.07, 6.45) is 15.3. The summed E-state index contributed by atoms with van der Waals surface area (Å²) in [5, 5.41) is 21.2. The maximum Gasteiger partial charge on any atom is 0.330 e. The lowest BCUT2D eigenvalue weighted by Crippen LogP contribution is -2.27. The van der Waals surface area contributed by atoms with Crippen LogP contribution in [-0.4, -0.2) is 40.8 Å². The normalized spacial score (nSPS) is 23.6. The minimum absolute atomic E-state index is 0.0164. The Morgan fingerprint density at radius 1 is 1.17 bits per heavy atom. The van der Waals surface area contributed by atoms with Gasteiger partial charge in [0, 0.05) is 18.4 Å². The van der Waals surface area contributed by atoms with Crippen LogP contribution in [0, 0.1) is 11.8 Å². The van der Waals surface area contributed by atoms with Crippen LogP contribution < -0.4 is 0 Å². The highest BCUT2D eigenvalue weighted by Gasteiger charge is 2.40. The third-order valence-corrected chi connectivity index (χ3v) is 6.42. The van der Waals surface area contributed by atoms with E-state index in [9.17, 15) is 19.8 Å². The van der Waals surface area contributed by atoms with Crippen molar-refractivity contribution in [3.05, 3.63) is 24.8 Å². The second-order valence-corrected chi connectivity index (χ2v) is 8.73. The van der Waals surface area contributed by atoms with Gasteiger partial charge >= 0.3 is 5.97 Å². The number of hydrogen-bond acceptors (Lipinski definition) is 5. The molecular formula is C25H42O5.